The van der Waals surface area contributed by atoms with Crippen LogP contribution in [0, 0.1) is 0 Å². The van der Waals surface area contributed by atoms with Crippen LogP contribution in [0.3, 0.4) is 0 Å². The zero-order valence-electron chi connectivity index (χ0n) is 18.4. The van der Waals surface area contributed by atoms with Gasteiger partial charge in [-0.1, -0.05) is 30.3 Å². The second kappa shape index (κ2) is 9.46. The third-order valence-electron chi connectivity index (χ3n) is 6.43. The molecule has 4 heterocycles. The van der Waals surface area contributed by atoms with Gasteiger partial charge in [-0.2, -0.15) is 4.98 Å². The molecule has 0 atom stereocenters. The molecule has 33 heavy (non-hydrogen) atoms. The average molecular weight is 478 g/mol. The molecule has 2 aliphatic heterocycles. The van der Waals surface area contributed by atoms with Crippen molar-refractivity contribution < 1.29 is 4.74 Å². The summed E-state index contributed by atoms with van der Waals surface area (Å²) in [5, 5.41) is 4.69. The van der Waals surface area contributed by atoms with Gasteiger partial charge in [0.2, 0.25) is 5.95 Å². The molecule has 4 aromatic rings. The number of anilines is 2. The fourth-order valence-corrected chi connectivity index (χ4v) is 6.25. The Morgan fingerprint density at radius 2 is 1.73 bits per heavy atom. The summed E-state index contributed by atoms with van der Waals surface area (Å²) in [7, 11) is 0. The SMILES string of the molecule is c1ccc2cc(SNC3CCN(c4nc(N5CCOCC5)c5sccc5n4)CC3)ccc2c1. The summed E-state index contributed by atoms with van der Waals surface area (Å²) >= 11 is 3.48. The Hall–Kier alpha value is -2.39. The van der Waals surface area contributed by atoms with Gasteiger partial charge < -0.3 is 14.5 Å². The molecule has 0 spiro atoms. The molecule has 0 amide bonds. The first-order valence-corrected chi connectivity index (χ1v) is 13.3. The zero-order valence-corrected chi connectivity index (χ0v) is 20.1. The van der Waals surface area contributed by atoms with E-state index in [1.54, 1.807) is 23.3 Å². The van der Waals surface area contributed by atoms with Gasteiger partial charge in [-0.25, -0.2) is 4.98 Å². The number of ether oxygens (including phenoxy) is 1. The Labute approximate surface area is 202 Å². The lowest BCUT2D eigenvalue weighted by Crippen LogP contribution is -2.41. The number of hydrogen-bond acceptors (Lipinski definition) is 8. The third-order valence-corrected chi connectivity index (χ3v) is 8.27. The summed E-state index contributed by atoms with van der Waals surface area (Å²) in [6.07, 6.45) is 2.16. The first-order valence-electron chi connectivity index (χ1n) is 11.6. The van der Waals surface area contributed by atoms with Crippen molar-refractivity contribution in [2.75, 3.05) is 49.2 Å². The molecule has 6 nitrogen and oxygen atoms in total. The summed E-state index contributed by atoms with van der Waals surface area (Å²) in [6, 6.07) is 17.8. The monoisotopic (exact) mass is 477 g/mol. The molecule has 0 saturated carbocycles. The summed E-state index contributed by atoms with van der Waals surface area (Å²) in [4.78, 5) is 15.9. The first-order chi connectivity index (χ1) is 16.3. The van der Waals surface area contributed by atoms with E-state index in [4.69, 9.17) is 14.7 Å². The van der Waals surface area contributed by atoms with Gasteiger partial charge in [-0.3, -0.25) is 4.72 Å². The highest BCUT2D eigenvalue weighted by molar-refractivity contribution is 7.97. The highest BCUT2D eigenvalue weighted by Gasteiger charge is 2.24. The number of morpholine rings is 1. The predicted octanol–water partition coefficient (Wildman–Crippen LogP) is 4.95. The van der Waals surface area contributed by atoms with Gasteiger partial charge in [-0.15, -0.1) is 11.3 Å². The van der Waals surface area contributed by atoms with Gasteiger partial charge in [0.15, 0.2) is 5.82 Å². The topological polar surface area (TPSA) is 53.5 Å². The number of aromatic nitrogens is 2. The van der Waals surface area contributed by atoms with E-state index in [1.165, 1.54) is 20.4 Å². The summed E-state index contributed by atoms with van der Waals surface area (Å²) in [5.74, 6) is 1.93. The quantitative estimate of drug-likeness (QED) is 0.408. The number of piperidine rings is 1. The highest BCUT2D eigenvalue weighted by atomic mass is 32.2. The average Bonchev–Trinajstić information content (AvgIpc) is 3.36. The van der Waals surface area contributed by atoms with Crippen LogP contribution in [0.1, 0.15) is 12.8 Å². The predicted molar refractivity (Wildman–Crippen MR) is 139 cm³/mol. The number of nitrogens with zero attached hydrogens (tertiary/aromatic N) is 4. The first kappa shape index (κ1) is 21.2. The Bertz CT molecular complexity index is 1250. The number of hydrogen-bond donors (Lipinski definition) is 1. The van der Waals surface area contributed by atoms with Crippen LogP contribution in [0.5, 0.6) is 0 Å². The highest BCUT2D eigenvalue weighted by Crippen LogP contribution is 2.32. The number of fused-ring (bicyclic) bond motifs is 2. The van der Waals surface area contributed by atoms with Crippen LogP contribution in [-0.2, 0) is 4.74 Å². The Kier molecular flexibility index (Phi) is 6.07. The fraction of sp³-hybridized carbons (Fsp3) is 0.360. The van der Waals surface area contributed by atoms with Gasteiger partial charge >= 0.3 is 0 Å². The maximum Gasteiger partial charge on any atom is 0.227 e. The van der Waals surface area contributed by atoms with Crippen molar-refractivity contribution in [3.63, 3.8) is 0 Å². The third kappa shape index (κ3) is 4.53. The van der Waals surface area contributed by atoms with E-state index in [1.807, 2.05) is 0 Å². The van der Waals surface area contributed by atoms with Crippen molar-refractivity contribution in [3.05, 3.63) is 53.9 Å². The molecule has 170 valence electrons. The summed E-state index contributed by atoms with van der Waals surface area (Å²) < 4.78 is 10.4. The van der Waals surface area contributed by atoms with Crippen molar-refractivity contribution in [1.82, 2.24) is 14.7 Å². The van der Waals surface area contributed by atoms with Gasteiger partial charge in [0.25, 0.3) is 0 Å². The molecular formula is C25H27N5OS2. The standard InChI is InChI=1S/C25H27N5OS2/c1-2-4-19-17-21(6-5-18(19)3-1)33-28-20-7-10-30(11-8-20)25-26-22-9-16-32-23(22)24(27-25)29-12-14-31-15-13-29/h1-6,9,16-17,20,28H,7-8,10-15H2. The van der Waals surface area contributed by atoms with E-state index in [9.17, 15) is 0 Å². The van der Waals surface area contributed by atoms with Crippen LogP contribution in [0.25, 0.3) is 21.0 Å². The van der Waals surface area contributed by atoms with Crippen molar-refractivity contribution in [3.8, 4) is 0 Å². The van der Waals surface area contributed by atoms with E-state index in [-0.39, 0.29) is 0 Å². The van der Waals surface area contributed by atoms with Crippen LogP contribution in [-0.4, -0.2) is 55.4 Å². The zero-order chi connectivity index (χ0) is 22.0. The Balaban J connectivity index is 1.11. The van der Waals surface area contributed by atoms with Crippen LogP contribution in [0.4, 0.5) is 11.8 Å². The lowest BCUT2D eigenvalue weighted by molar-refractivity contribution is 0.122. The molecule has 1 N–H and O–H groups in total. The van der Waals surface area contributed by atoms with Gasteiger partial charge in [0.1, 0.15) is 0 Å². The molecular weight excluding hydrogens is 450 g/mol. The Morgan fingerprint density at radius 3 is 2.58 bits per heavy atom. The molecule has 2 fully saturated rings. The number of nitrogens with one attached hydrogen (secondary N) is 1. The molecule has 0 bridgehead atoms. The lowest BCUT2D eigenvalue weighted by Gasteiger charge is -2.33. The minimum Gasteiger partial charge on any atom is -0.378 e. The molecule has 2 aromatic carbocycles. The molecule has 0 unspecified atom stereocenters. The van der Waals surface area contributed by atoms with E-state index < -0.39 is 0 Å². The van der Waals surface area contributed by atoms with E-state index in [2.05, 4.69) is 68.4 Å². The van der Waals surface area contributed by atoms with Crippen molar-refractivity contribution >= 4 is 56.0 Å². The van der Waals surface area contributed by atoms with Crippen LogP contribution >= 0.6 is 23.3 Å². The fourth-order valence-electron chi connectivity index (χ4n) is 4.55. The molecule has 8 heteroatoms. The summed E-state index contributed by atoms with van der Waals surface area (Å²) in [5.41, 5.74) is 1.05. The van der Waals surface area contributed by atoms with Crippen LogP contribution < -0.4 is 14.5 Å². The molecule has 0 aliphatic carbocycles. The number of thiophene rings is 1. The normalized spacial score (nSPS) is 17.8. The van der Waals surface area contributed by atoms with E-state index >= 15 is 0 Å². The largest absolute Gasteiger partial charge is 0.378 e. The van der Waals surface area contributed by atoms with Crippen LogP contribution in [0.15, 0.2) is 58.8 Å². The summed E-state index contributed by atoms with van der Waals surface area (Å²) in [6.45, 7) is 5.24. The minimum absolute atomic E-state index is 0.487. The maximum absolute atomic E-state index is 5.55. The van der Waals surface area contributed by atoms with Gasteiger partial charge in [0.05, 0.1) is 23.4 Å². The molecule has 2 aromatic heterocycles. The number of rotatable bonds is 5. The lowest BCUT2D eigenvalue weighted by atomic mass is 10.1. The van der Waals surface area contributed by atoms with Crippen LogP contribution in [0.2, 0.25) is 0 Å². The van der Waals surface area contributed by atoms with E-state index in [0.717, 1.165) is 69.5 Å². The maximum atomic E-state index is 5.55. The number of benzene rings is 2. The second-order valence-electron chi connectivity index (χ2n) is 8.57. The molecule has 2 saturated heterocycles. The minimum atomic E-state index is 0.487. The molecule has 6 rings (SSSR count). The van der Waals surface area contributed by atoms with Crippen molar-refractivity contribution in [2.24, 2.45) is 0 Å². The second-order valence-corrected chi connectivity index (χ2v) is 10.4. The van der Waals surface area contributed by atoms with E-state index in [0.29, 0.717) is 6.04 Å². The smallest absolute Gasteiger partial charge is 0.227 e. The van der Waals surface area contributed by atoms with Crippen molar-refractivity contribution in [1.29, 1.82) is 0 Å². The van der Waals surface area contributed by atoms with Gasteiger partial charge in [-0.05, 0) is 59.1 Å². The Morgan fingerprint density at radius 1 is 0.909 bits per heavy atom. The molecule has 0 radical (unpaired) electrons. The van der Waals surface area contributed by atoms with Gasteiger partial charge in [0, 0.05) is 37.1 Å². The van der Waals surface area contributed by atoms with Crippen molar-refractivity contribution in [2.45, 2.75) is 23.8 Å². The molecule has 2 aliphatic rings.